The fourth-order valence-corrected chi connectivity index (χ4v) is 4.74. The summed E-state index contributed by atoms with van der Waals surface area (Å²) in [6.45, 7) is -0.120. The molecule has 0 saturated carbocycles. The molecule has 0 N–H and O–H groups in total. The highest BCUT2D eigenvalue weighted by Gasteiger charge is 2.36. The average Bonchev–Trinajstić information content (AvgIpc) is 3.16. The first-order chi connectivity index (χ1) is 11.4. The quantitative estimate of drug-likeness (QED) is 0.828. The normalized spacial score (nSPS) is 19.3. The van der Waals surface area contributed by atoms with Crippen LogP contribution in [0.15, 0.2) is 41.0 Å². The van der Waals surface area contributed by atoms with Crippen molar-refractivity contribution in [1.82, 2.24) is 4.90 Å². The molecule has 0 bridgehead atoms. The molecule has 1 aromatic carbocycles. The molecule has 0 radical (unpaired) electrons. The number of sulfone groups is 1. The minimum atomic E-state index is -3.21. The molecule has 2 aromatic rings. The second-order valence-corrected chi connectivity index (χ2v) is 8.30. The third-order valence-corrected chi connectivity index (χ3v) is 6.14. The molecule has 1 saturated heterocycles. The second-order valence-electron chi connectivity index (χ2n) is 5.67. The van der Waals surface area contributed by atoms with Gasteiger partial charge in [0, 0.05) is 16.6 Å². The highest BCUT2D eigenvalue weighted by molar-refractivity contribution is 7.91. The minimum absolute atomic E-state index is 0.00457. The van der Waals surface area contributed by atoms with Crippen molar-refractivity contribution in [3.63, 3.8) is 0 Å². The van der Waals surface area contributed by atoms with E-state index in [1.54, 1.807) is 6.07 Å². The van der Waals surface area contributed by atoms with E-state index >= 15 is 0 Å². The van der Waals surface area contributed by atoms with Crippen molar-refractivity contribution in [2.75, 3.05) is 11.5 Å². The highest BCUT2D eigenvalue weighted by Crippen LogP contribution is 2.26. The van der Waals surface area contributed by atoms with Crippen LogP contribution in [0.5, 0.6) is 0 Å². The van der Waals surface area contributed by atoms with Gasteiger partial charge in [-0.15, -0.1) is 0 Å². The van der Waals surface area contributed by atoms with Gasteiger partial charge in [0.15, 0.2) is 15.6 Å². The lowest BCUT2D eigenvalue weighted by molar-refractivity contribution is 0.0646. The fourth-order valence-electron chi connectivity index (χ4n) is 2.78. The Kier molecular flexibility index (Phi) is 4.64. The van der Waals surface area contributed by atoms with Crippen LogP contribution in [0.1, 0.15) is 22.5 Å². The summed E-state index contributed by atoms with van der Waals surface area (Å²) in [5.74, 6) is -1.09. The number of rotatable bonds is 4. The molecule has 3 rings (SSSR count). The molecule has 1 aliphatic rings. The van der Waals surface area contributed by atoms with Crippen LogP contribution >= 0.6 is 11.6 Å². The van der Waals surface area contributed by atoms with Gasteiger partial charge in [-0.25, -0.2) is 12.8 Å². The number of halogens is 2. The molecule has 1 aliphatic heterocycles. The minimum Gasteiger partial charge on any atom is -0.459 e. The van der Waals surface area contributed by atoms with E-state index in [1.807, 2.05) is 0 Å². The summed E-state index contributed by atoms with van der Waals surface area (Å²) in [4.78, 5) is 14.0. The predicted molar refractivity (Wildman–Crippen MR) is 87.1 cm³/mol. The van der Waals surface area contributed by atoms with Crippen molar-refractivity contribution < 1.29 is 22.0 Å². The summed E-state index contributed by atoms with van der Waals surface area (Å²) >= 11 is 6.05. The van der Waals surface area contributed by atoms with Crippen LogP contribution in [0.2, 0.25) is 5.02 Å². The number of hydrogen-bond donors (Lipinski definition) is 0. The molecule has 128 valence electrons. The largest absolute Gasteiger partial charge is 0.459 e. The highest BCUT2D eigenvalue weighted by atomic mass is 35.5. The van der Waals surface area contributed by atoms with Crippen LogP contribution in [0.25, 0.3) is 0 Å². The van der Waals surface area contributed by atoms with Crippen molar-refractivity contribution in [1.29, 1.82) is 0 Å². The Morgan fingerprint density at radius 3 is 2.71 bits per heavy atom. The summed E-state index contributed by atoms with van der Waals surface area (Å²) in [7, 11) is -3.21. The molecule has 1 fully saturated rings. The van der Waals surface area contributed by atoms with E-state index < -0.39 is 27.6 Å². The van der Waals surface area contributed by atoms with Crippen molar-refractivity contribution >= 4 is 27.3 Å². The standard InChI is InChI=1S/C16H15ClFNO4S/c17-13-3-1-4-14(18)12(13)9-19(11-6-8-24(21,22)10-11)16(20)15-5-2-7-23-15/h1-5,7,11H,6,8-10H2/t11-/m1/s1. The Hall–Kier alpha value is -1.86. The maximum atomic E-state index is 14.1. The van der Waals surface area contributed by atoms with Crippen LogP contribution in [-0.4, -0.2) is 36.8 Å². The molecule has 8 heteroatoms. The maximum absolute atomic E-state index is 14.1. The van der Waals surface area contributed by atoms with Gasteiger partial charge >= 0.3 is 0 Å². The zero-order valence-electron chi connectivity index (χ0n) is 12.6. The number of furan rings is 1. The summed E-state index contributed by atoms with van der Waals surface area (Å²) in [5.41, 5.74) is 0.156. The van der Waals surface area contributed by atoms with Crippen LogP contribution in [0.3, 0.4) is 0 Å². The second kappa shape index (κ2) is 6.57. The summed E-state index contributed by atoms with van der Waals surface area (Å²) in [5, 5.41) is 0.188. The first kappa shape index (κ1) is 17.0. The van der Waals surface area contributed by atoms with Gasteiger partial charge in [0.2, 0.25) is 0 Å². The lowest BCUT2D eigenvalue weighted by Gasteiger charge is -2.28. The maximum Gasteiger partial charge on any atom is 0.290 e. The molecule has 2 heterocycles. The Morgan fingerprint density at radius 1 is 1.33 bits per heavy atom. The monoisotopic (exact) mass is 371 g/mol. The van der Waals surface area contributed by atoms with E-state index in [2.05, 4.69) is 0 Å². The Labute approximate surface area is 143 Å². The van der Waals surface area contributed by atoms with Crippen LogP contribution < -0.4 is 0 Å². The van der Waals surface area contributed by atoms with Gasteiger partial charge in [0.1, 0.15) is 5.82 Å². The predicted octanol–water partition coefficient (Wildman–Crippen LogP) is 2.90. The zero-order valence-corrected chi connectivity index (χ0v) is 14.2. The Morgan fingerprint density at radius 2 is 2.12 bits per heavy atom. The first-order valence-electron chi connectivity index (χ1n) is 7.35. The van der Waals surface area contributed by atoms with Gasteiger partial charge in [-0.2, -0.15) is 0 Å². The molecule has 1 amide bonds. The van der Waals surface area contributed by atoms with Crippen LogP contribution in [-0.2, 0) is 16.4 Å². The van der Waals surface area contributed by atoms with Crippen molar-refractivity contribution in [2.45, 2.75) is 19.0 Å². The first-order valence-corrected chi connectivity index (χ1v) is 9.55. The lowest BCUT2D eigenvalue weighted by atomic mass is 10.1. The fraction of sp³-hybridized carbons (Fsp3) is 0.312. The van der Waals surface area contributed by atoms with Gasteiger partial charge in [-0.3, -0.25) is 4.79 Å². The summed E-state index contributed by atoms with van der Waals surface area (Å²) in [6, 6.07) is 6.76. The number of hydrogen-bond acceptors (Lipinski definition) is 4. The van der Waals surface area contributed by atoms with Crippen molar-refractivity contribution in [3.05, 3.63) is 58.8 Å². The number of nitrogens with zero attached hydrogens (tertiary/aromatic N) is 1. The van der Waals surface area contributed by atoms with E-state index in [0.29, 0.717) is 6.42 Å². The Balaban J connectivity index is 1.95. The van der Waals surface area contributed by atoms with Crippen molar-refractivity contribution in [2.24, 2.45) is 0 Å². The summed E-state index contributed by atoms with van der Waals surface area (Å²) in [6.07, 6.45) is 1.66. The van der Waals surface area contributed by atoms with Gasteiger partial charge in [-0.1, -0.05) is 17.7 Å². The van der Waals surface area contributed by atoms with Crippen molar-refractivity contribution in [3.8, 4) is 0 Å². The third kappa shape index (κ3) is 3.47. The summed E-state index contributed by atoms with van der Waals surface area (Å²) < 4.78 is 42.8. The van der Waals surface area contributed by atoms with Gasteiger partial charge in [0.05, 0.1) is 24.3 Å². The SMILES string of the molecule is O=C(c1ccco1)N(Cc1c(F)cccc1Cl)[C@@H]1CCS(=O)(=O)C1. The topological polar surface area (TPSA) is 67.6 Å². The van der Waals surface area contributed by atoms with E-state index in [1.165, 1.54) is 35.4 Å². The van der Waals surface area contributed by atoms with Gasteiger partial charge in [0.25, 0.3) is 5.91 Å². The van der Waals surface area contributed by atoms with Gasteiger partial charge in [-0.05, 0) is 30.7 Å². The number of benzene rings is 1. The molecular formula is C16H15ClFNO4S. The third-order valence-electron chi connectivity index (χ3n) is 4.03. The smallest absolute Gasteiger partial charge is 0.290 e. The molecule has 0 spiro atoms. The van der Waals surface area contributed by atoms with Gasteiger partial charge < -0.3 is 9.32 Å². The molecule has 24 heavy (non-hydrogen) atoms. The van der Waals surface area contributed by atoms with E-state index in [-0.39, 0.29) is 34.4 Å². The Bertz CT molecular complexity index is 831. The van der Waals surface area contributed by atoms with Crippen LogP contribution in [0, 0.1) is 5.82 Å². The number of carbonyl (C=O) groups is 1. The molecule has 5 nitrogen and oxygen atoms in total. The number of carbonyl (C=O) groups excluding carboxylic acids is 1. The van der Waals surface area contributed by atoms with E-state index in [4.69, 9.17) is 16.0 Å². The lowest BCUT2D eigenvalue weighted by Crippen LogP contribution is -2.40. The van der Waals surface area contributed by atoms with E-state index in [0.717, 1.165) is 0 Å². The molecule has 1 atom stereocenters. The van der Waals surface area contributed by atoms with E-state index in [9.17, 15) is 17.6 Å². The average molecular weight is 372 g/mol. The van der Waals surface area contributed by atoms with Crippen LogP contribution in [0.4, 0.5) is 4.39 Å². The molecule has 0 unspecified atom stereocenters. The number of amides is 1. The molecule has 0 aliphatic carbocycles. The molecular weight excluding hydrogens is 357 g/mol. The zero-order chi connectivity index (χ0) is 17.3. The molecule has 1 aromatic heterocycles.